The molecule has 0 aromatic rings. The molecule has 0 heterocycles. The molecule has 0 N–H and O–H groups in total. The maximum absolute atomic E-state index is 10.1. The van der Waals surface area contributed by atoms with Gasteiger partial charge in [-0.3, -0.25) is 0 Å². The molecule has 0 spiro atoms. The van der Waals surface area contributed by atoms with Crippen molar-refractivity contribution < 1.29 is 5.11 Å². The highest BCUT2D eigenvalue weighted by Crippen LogP contribution is 2.06. The molecule has 53 valence electrons. The molecule has 0 bridgehead atoms. The van der Waals surface area contributed by atoms with Crippen LogP contribution in [0.2, 0.25) is 0 Å². The second-order valence-electron chi connectivity index (χ2n) is 2.40. The zero-order valence-electron chi connectivity index (χ0n) is 6.26. The number of hydrogen-bond acceptors (Lipinski definition) is 0. The molecule has 0 fully saturated rings. The van der Waals surface area contributed by atoms with Gasteiger partial charge in [-0.2, -0.15) is 0 Å². The van der Waals surface area contributed by atoms with Crippen LogP contribution in [-0.4, -0.2) is 6.61 Å². The second-order valence-corrected chi connectivity index (χ2v) is 2.40. The first kappa shape index (κ1) is 8.70. The summed E-state index contributed by atoms with van der Waals surface area (Å²) in [4.78, 5) is 0. The Balaban J connectivity index is 3.15. The zero-order chi connectivity index (χ0) is 7.11. The average Bonchev–Trinajstić information content (AvgIpc) is 1.85. The third-order valence-corrected chi connectivity index (χ3v) is 1.38. The largest absolute Gasteiger partial charge is 0.237 e. The Morgan fingerprint density at radius 1 is 1.56 bits per heavy atom. The van der Waals surface area contributed by atoms with Gasteiger partial charge < -0.3 is 0 Å². The van der Waals surface area contributed by atoms with E-state index in [1.165, 1.54) is 0 Å². The predicted octanol–water partition coefficient (Wildman–Crippen LogP) is 2.41. The summed E-state index contributed by atoms with van der Waals surface area (Å²) in [6, 6.07) is 0. The number of allylic oxidation sites excluding steroid dienone is 2. The molecule has 1 radical (unpaired) electrons. The lowest BCUT2D eigenvalue weighted by Gasteiger charge is -2.02. The lowest BCUT2D eigenvalue weighted by molar-refractivity contribution is 0.174. The normalized spacial score (nSPS) is 14.6. The first-order valence-corrected chi connectivity index (χ1v) is 3.50. The first-order valence-electron chi connectivity index (χ1n) is 3.50. The molecule has 1 atom stereocenters. The van der Waals surface area contributed by atoms with E-state index >= 15 is 0 Å². The summed E-state index contributed by atoms with van der Waals surface area (Å²) in [6.45, 7) is 4.18. The standard InChI is InChI=1S/C8H15O/c1-3-4-5-8(2)6-7-9/h3-4,8H,5-7H2,1-2H3. The maximum Gasteiger partial charge on any atom is 0.0825 e. The molecule has 0 aliphatic rings. The molecule has 0 aromatic carbocycles. The Morgan fingerprint density at radius 2 is 2.22 bits per heavy atom. The molecule has 0 rings (SSSR count). The van der Waals surface area contributed by atoms with Gasteiger partial charge in [-0.15, -0.1) is 0 Å². The minimum Gasteiger partial charge on any atom is -0.237 e. The van der Waals surface area contributed by atoms with Crippen LogP contribution >= 0.6 is 0 Å². The van der Waals surface area contributed by atoms with E-state index in [2.05, 4.69) is 13.0 Å². The van der Waals surface area contributed by atoms with E-state index in [1.54, 1.807) is 0 Å². The highest BCUT2D eigenvalue weighted by Gasteiger charge is 1.96. The van der Waals surface area contributed by atoms with Gasteiger partial charge in [-0.1, -0.05) is 19.1 Å². The van der Waals surface area contributed by atoms with E-state index in [9.17, 15) is 5.11 Å². The van der Waals surface area contributed by atoms with E-state index in [4.69, 9.17) is 0 Å². The molecule has 1 unspecified atom stereocenters. The average molecular weight is 127 g/mol. The van der Waals surface area contributed by atoms with Gasteiger partial charge in [0.2, 0.25) is 0 Å². The molecule has 0 amide bonds. The van der Waals surface area contributed by atoms with Crippen molar-refractivity contribution in [3.8, 4) is 0 Å². The molecule has 0 saturated heterocycles. The summed E-state index contributed by atoms with van der Waals surface area (Å²) < 4.78 is 0. The molecule has 9 heavy (non-hydrogen) atoms. The monoisotopic (exact) mass is 127 g/mol. The third-order valence-electron chi connectivity index (χ3n) is 1.38. The summed E-state index contributed by atoms with van der Waals surface area (Å²) in [5.74, 6) is 0.568. The van der Waals surface area contributed by atoms with E-state index in [-0.39, 0.29) is 6.61 Å². The van der Waals surface area contributed by atoms with Crippen molar-refractivity contribution in [2.24, 2.45) is 5.92 Å². The van der Waals surface area contributed by atoms with Gasteiger partial charge in [0.05, 0.1) is 6.61 Å². The van der Waals surface area contributed by atoms with Crippen LogP contribution in [0.1, 0.15) is 26.7 Å². The molecule has 0 aromatic heterocycles. The smallest absolute Gasteiger partial charge is 0.0825 e. The quantitative estimate of drug-likeness (QED) is 0.517. The van der Waals surface area contributed by atoms with Crippen LogP contribution in [0.4, 0.5) is 0 Å². The van der Waals surface area contributed by atoms with Crippen LogP contribution in [-0.2, 0) is 5.11 Å². The van der Waals surface area contributed by atoms with Gasteiger partial charge in [0.25, 0.3) is 0 Å². The Labute approximate surface area is 57.4 Å². The number of hydrogen-bond donors (Lipinski definition) is 0. The molecular weight excluding hydrogens is 112 g/mol. The first-order chi connectivity index (χ1) is 4.31. The Hall–Kier alpha value is -0.300. The maximum atomic E-state index is 10.1. The van der Waals surface area contributed by atoms with Crippen LogP contribution in [0.15, 0.2) is 12.2 Å². The van der Waals surface area contributed by atoms with Crippen LogP contribution in [0.3, 0.4) is 0 Å². The Kier molecular flexibility index (Phi) is 5.64. The molecule has 1 heteroatoms. The summed E-state index contributed by atoms with van der Waals surface area (Å²) in [5, 5.41) is 10.1. The minimum atomic E-state index is 0.0682. The van der Waals surface area contributed by atoms with Gasteiger partial charge in [0.1, 0.15) is 0 Å². The lowest BCUT2D eigenvalue weighted by atomic mass is 10.0. The van der Waals surface area contributed by atoms with Gasteiger partial charge in [0.15, 0.2) is 0 Å². The number of rotatable bonds is 4. The fourth-order valence-corrected chi connectivity index (χ4v) is 0.687. The second kappa shape index (κ2) is 5.83. The topological polar surface area (TPSA) is 19.9 Å². The van der Waals surface area contributed by atoms with Crippen LogP contribution in [0.25, 0.3) is 0 Å². The van der Waals surface area contributed by atoms with Crippen molar-refractivity contribution in [3.05, 3.63) is 12.2 Å². The minimum absolute atomic E-state index is 0.0682. The lowest BCUT2D eigenvalue weighted by Crippen LogP contribution is -1.94. The highest BCUT2D eigenvalue weighted by molar-refractivity contribution is 4.78. The fraction of sp³-hybridized carbons (Fsp3) is 0.750. The third kappa shape index (κ3) is 5.57. The van der Waals surface area contributed by atoms with Crippen molar-refractivity contribution in [2.75, 3.05) is 6.61 Å². The van der Waals surface area contributed by atoms with Crippen molar-refractivity contribution in [2.45, 2.75) is 26.7 Å². The zero-order valence-corrected chi connectivity index (χ0v) is 6.26. The summed E-state index contributed by atoms with van der Waals surface area (Å²) in [6.07, 6.45) is 6.00. The summed E-state index contributed by atoms with van der Waals surface area (Å²) >= 11 is 0. The Morgan fingerprint density at radius 3 is 2.67 bits per heavy atom. The van der Waals surface area contributed by atoms with Crippen molar-refractivity contribution in [3.63, 3.8) is 0 Å². The Bertz CT molecular complexity index is 76.6. The van der Waals surface area contributed by atoms with E-state index in [1.807, 2.05) is 13.0 Å². The molecular formula is C8H15O. The SMILES string of the molecule is CC=CCC(C)CC[O]. The molecule has 0 aliphatic heterocycles. The molecule has 0 aliphatic carbocycles. The molecule has 1 nitrogen and oxygen atoms in total. The van der Waals surface area contributed by atoms with Gasteiger partial charge >= 0.3 is 0 Å². The van der Waals surface area contributed by atoms with Crippen molar-refractivity contribution in [1.29, 1.82) is 0 Å². The van der Waals surface area contributed by atoms with E-state index < -0.39 is 0 Å². The van der Waals surface area contributed by atoms with Crippen molar-refractivity contribution in [1.82, 2.24) is 0 Å². The van der Waals surface area contributed by atoms with Gasteiger partial charge in [-0.05, 0) is 25.7 Å². The van der Waals surface area contributed by atoms with Crippen molar-refractivity contribution >= 4 is 0 Å². The fourth-order valence-electron chi connectivity index (χ4n) is 0.687. The van der Waals surface area contributed by atoms with Gasteiger partial charge in [0, 0.05) is 0 Å². The van der Waals surface area contributed by atoms with Crippen LogP contribution in [0, 0.1) is 5.92 Å². The van der Waals surface area contributed by atoms with Crippen LogP contribution in [0.5, 0.6) is 0 Å². The van der Waals surface area contributed by atoms with Crippen LogP contribution < -0.4 is 0 Å². The van der Waals surface area contributed by atoms with E-state index in [0.29, 0.717) is 5.92 Å². The summed E-state index contributed by atoms with van der Waals surface area (Å²) in [7, 11) is 0. The van der Waals surface area contributed by atoms with Gasteiger partial charge in [-0.25, -0.2) is 5.11 Å². The summed E-state index contributed by atoms with van der Waals surface area (Å²) in [5.41, 5.74) is 0. The highest BCUT2D eigenvalue weighted by atomic mass is 16.2. The predicted molar refractivity (Wildman–Crippen MR) is 38.8 cm³/mol. The van der Waals surface area contributed by atoms with E-state index in [0.717, 1.165) is 12.8 Å². The molecule has 0 saturated carbocycles.